The first-order chi connectivity index (χ1) is 13.1. The maximum atomic E-state index is 12.9. The summed E-state index contributed by atoms with van der Waals surface area (Å²) in [5.41, 5.74) is 4.71. The first-order valence-electron chi connectivity index (χ1n) is 8.17. The number of hydrogen-bond acceptors (Lipinski definition) is 3. The number of nitrogens with one attached hydrogen (secondary N) is 1. The van der Waals surface area contributed by atoms with Crippen LogP contribution in [0.4, 0.5) is 4.39 Å². The molecule has 0 aromatic heterocycles. The van der Waals surface area contributed by atoms with Crippen LogP contribution in [0.1, 0.15) is 21.5 Å². The van der Waals surface area contributed by atoms with Crippen LogP contribution in [-0.2, 0) is 6.61 Å². The molecule has 1 amide bonds. The number of amides is 1. The Hall–Kier alpha value is -2.99. The molecule has 27 heavy (non-hydrogen) atoms. The Balaban J connectivity index is 1.52. The predicted molar refractivity (Wildman–Crippen MR) is 106 cm³/mol. The number of halogens is 2. The van der Waals surface area contributed by atoms with E-state index in [1.54, 1.807) is 48.7 Å². The SMILES string of the molecule is O=C(N/N=C\c1ccc(OCc2ccc(F)cc2)cc1)c1ccccc1Br. The molecular weight excluding hydrogens is 411 g/mol. The molecule has 0 unspecified atom stereocenters. The Morgan fingerprint density at radius 3 is 2.44 bits per heavy atom. The van der Waals surface area contributed by atoms with E-state index in [4.69, 9.17) is 4.74 Å². The number of hydrazone groups is 1. The Morgan fingerprint density at radius 1 is 1.04 bits per heavy atom. The van der Waals surface area contributed by atoms with Gasteiger partial charge in [-0.1, -0.05) is 24.3 Å². The molecule has 0 fully saturated rings. The summed E-state index contributed by atoms with van der Waals surface area (Å²) in [6.45, 7) is 0.357. The third-order valence-electron chi connectivity index (χ3n) is 3.70. The average molecular weight is 427 g/mol. The number of carbonyl (C=O) groups excluding carboxylic acids is 1. The minimum atomic E-state index is -0.294. The van der Waals surface area contributed by atoms with Crippen LogP contribution >= 0.6 is 15.9 Å². The predicted octanol–water partition coefficient (Wildman–Crippen LogP) is 4.93. The van der Waals surface area contributed by atoms with E-state index in [1.165, 1.54) is 12.1 Å². The Labute approximate surface area is 164 Å². The second-order valence-electron chi connectivity index (χ2n) is 5.66. The normalized spacial score (nSPS) is 10.7. The van der Waals surface area contributed by atoms with Gasteiger partial charge in [-0.05, 0) is 75.6 Å². The van der Waals surface area contributed by atoms with Gasteiger partial charge in [-0.3, -0.25) is 4.79 Å². The molecule has 1 N–H and O–H groups in total. The van der Waals surface area contributed by atoms with E-state index >= 15 is 0 Å². The minimum Gasteiger partial charge on any atom is -0.489 e. The van der Waals surface area contributed by atoms with Gasteiger partial charge in [-0.2, -0.15) is 5.10 Å². The maximum Gasteiger partial charge on any atom is 0.272 e. The molecule has 3 rings (SSSR count). The number of carbonyl (C=O) groups is 1. The van der Waals surface area contributed by atoms with Crippen LogP contribution in [0.5, 0.6) is 5.75 Å². The van der Waals surface area contributed by atoms with E-state index in [2.05, 4.69) is 26.5 Å². The highest BCUT2D eigenvalue weighted by atomic mass is 79.9. The smallest absolute Gasteiger partial charge is 0.272 e. The molecule has 0 aliphatic carbocycles. The first-order valence-corrected chi connectivity index (χ1v) is 8.96. The van der Waals surface area contributed by atoms with Crippen molar-refractivity contribution < 1.29 is 13.9 Å². The highest BCUT2D eigenvalue weighted by Crippen LogP contribution is 2.16. The summed E-state index contributed by atoms with van der Waals surface area (Å²) in [6, 6.07) is 20.6. The molecule has 0 aliphatic rings. The van der Waals surface area contributed by atoms with Gasteiger partial charge < -0.3 is 4.74 Å². The molecular formula is C21H16BrFN2O2. The lowest BCUT2D eigenvalue weighted by Crippen LogP contribution is -2.18. The molecule has 0 saturated heterocycles. The Morgan fingerprint density at radius 2 is 1.74 bits per heavy atom. The quantitative estimate of drug-likeness (QED) is 0.448. The van der Waals surface area contributed by atoms with Crippen molar-refractivity contribution in [1.29, 1.82) is 0 Å². The van der Waals surface area contributed by atoms with E-state index < -0.39 is 0 Å². The third kappa shape index (κ3) is 5.49. The van der Waals surface area contributed by atoms with Crippen molar-refractivity contribution in [2.24, 2.45) is 5.10 Å². The second-order valence-corrected chi connectivity index (χ2v) is 6.52. The summed E-state index contributed by atoms with van der Waals surface area (Å²) < 4.78 is 19.2. The average Bonchev–Trinajstić information content (AvgIpc) is 2.69. The lowest BCUT2D eigenvalue weighted by atomic mass is 10.2. The summed E-state index contributed by atoms with van der Waals surface area (Å²) in [6.07, 6.45) is 1.55. The van der Waals surface area contributed by atoms with E-state index in [0.29, 0.717) is 22.4 Å². The van der Waals surface area contributed by atoms with Crippen LogP contribution in [0, 0.1) is 5.82 Å². The van der Waals surface area contributed by atoms with Crippen molar-refractivity contribution >= 4 is 28.1 Å². The largest absolute Gasteiger partial charge is 0.489 e. The van der Waals surface area contributed by atoms with Crippen molar-refractivity contribution in [3.8, 4) is 5.75 Å². The summed E-state index contributed by atoms with van der Waals surface area (Å²) in [5.74, 6) is 0.126. The van der Waals surface area contributed by atoms with Crippen LogP contribution in [0.15, 0.2) is 82.4 Å². The molecule has 0 atom stereocenters. The molecule has 3 aromatic carbocycles. The van der Waals surface area contributed by atoms with E-state index in [1.807, 2.05) is 18.2 Å². The van der Waals surface area contributed by atoms with Gasteiger partial charge >= 0.3 is 0 Å². The standard InChI is InChI=1S/C21H16BrFN2O2/c22-20-4-2-1-3-19(20)21(26)25-24-13-15-7-11-18(12-8-15)27-14-16-5-9-17(23)10-6-16/h1-13H,14H2,(H,25,26)/b24-13-. The zero-order valence-electron chi connectivity index (χ0n) is 14.2. The molecule has 0 saturated carbocycles. The molecule has 6 heteroatoms. The van der Waals surface area contributed by atoms with Crippen LogP contribution in [0.2, 0.25) is 0 Å². The number of hydrogen-bond donors (Lipinski definition) is 1. The van der Waals surface area contributed by atoms with Crippen LogP contribution < -0.4 is 10.2 Å². The van der Waals surface area contributed by atoms with Crippen LogP contribution in [-0.4, -0.2) is 12.1 Å². The highest BCUT2D eigenvalue weighted by Gasteiger charge is 2.07. The van der Waals surface area contributed by atoms with Crippen LogP contribution in [0.3, 0.4) is 0 Å². The Kier molecular flexibility index (Phi) is 6.33. The van der Waals surface area contributed by atoms with E-state index in [0.717, 1.165) is 11.1 Å². The zero-order valence-corrected chi connectivity index (χ0v) is 15.8. The van der Waals surface area contributed by atoms with Gasteiger partial charge in [0.2, 0.25) is 0 Å². The molecule has 0 aliphatic heterocycles. The van der Waals surface area contributed by atoms with E-state index in [9.17, 15) is 9.18 Å². The summed E-state index contributed by atoms with van der Waals surface area (Å²) in [7, 11) is 0. The van der Waals surface area contributed by atoms with Gasteiger partial charge in [0.25, 0.3) is 5.91 Å². The molecule has 4 nitrogen and oxygen atoms in total. The van der Waals surface area contributed by atoms with Crippen molar-refractivity contribution in [2.45, 2.75) is 6.61 Å². The fourth-order valence-electron chi connectivity index (χ4n) is 2.27. The molecule has 0 heterocycles. The summed E-state index contributed by atoms with van der Waals surface area (Å²) in [5, 5.41) is 3.97. The lowest BCUT2D eigenvalue weighted by molar-refractivity contribution is 0.0954. The molecule has 3 aromatic rings. The van der Waals surface area contributed by atoms with Gasteiger partial charge in [0, 0.05) is 4.47 Å². The fraction of sp³-hybridized carbons (Fsp3) is 0.0476. The third-order valence-corrected chi connectivity index (χ3v) is 4.39. The topological polar surface area (TPSA) is 50.7 Å². The van der Waals surface area contributed by atoms with Gasteiger partial charge in [0.1, 0.15) is 18.2 Å². The van der Waals surface area contributed by atoms with Crippen LogP contribution in [0.25, 0.3) is 0 Å². The lowest BCUT2D eigenvalue weighted by Gasteiger charge is -2.06. The van der Waals surface area contributed by atoms with E-state index in [-0.39, 0.29) is 11.7 Å². The number of rotatable bonds is 6. The van der Waals surface area contributed by atoms with Crippen molar-refractivity contribution in [3.05, 3.63) is 99.8 Å². The molecule has 0 spiro atoms. The van der Waals surface area contributed by atoms with Gasteiger partial charge in [0.15, 0.2) is 0 Å². The van der Waals surface area contributed by atoms with Crippen molar-refractivity contribution in [2.75, 3.05) is 0 Å². The fourth-order valence-corrected chi connectivity index (χ4v) is 2.73. The van der Waals surface area contributed by atoms with Gasteiger partial charge in [0.05, 0.1) is 11.8 Å². The maximum absolute atomic E-state index is 12.9. The minimum absolute atomic E-state index is 0.269. The number of ether oxygens (including phenoxy) is 1. The Bertz CT molecular complexity index is 941. The number of nitrogens with zero attached hydrogens (tertiary/aromatic N) is 1. The van der Waals surface area contributed by atoms with Crippen molar-refractivity contribution in [3.63, 3.8) is 0 Å². The summed E-state index contributed by atoms with van der Waals surface area (Å²) >= 11 is 3.33. The first kappa shape index (κ1) is 18.8. The molecule has 0 radical (unpaired) electrons. The summed E-state index contributed by atoms with van der Waals surface area (Å²) in [4.78, 5) is 12.1. The van der Waals surface area contributed by atoms with Gasteiger partial charge in [-0.25, -0.2) is 9.82 Å². The number of benzene rings is 3. The highest BCUT2D eigenvalue weighted by molar-refractivity contribution is 9.10. The molecule has 0 bridgehead atoms. The van der Waals surface area contributed by atoms with Crippen molar-refractivity contribution in [1.82, 2.24) is 5.43 Å². The molecule has 136 valence electrons. The van der Waals surface area contributed by atoms with Gasteiger partial charge in [-0.15, -0.1) is 0 Å². The second kappa shape index (κ2) is 9.09. The zero-order chi connectivity index (χ0) is 19.1. The monoisotopic (exact) mass is 426 g/mol.